The molecule has 0 spiro atoms. The minimum atomic E-state index is -1.03. The number of ketones is 2. The van der Waals surface area contributed by atoms with Gasteiger partial charge in [0.25, 0.3) is 0 Å². The van der Waals surface area contributed by atoms with E-state index in [1.807, 2.05) is 32.0 Å². The molecule has 2 aromatic heterocycles. The van der Waals surface area contributed by atoms with Crippen LogP contribution in [-0.2, 0) is 19.9 Å². The van der Waals surface area contributed by atoms with E-state index in [4.69, 9.17) is 5.11 Å². The number of carbonyl (C=O) groups is 3. The lowest BCUT2D eigenvalue weighted by Crippen LogP contribution is -2.05. The number of aromatic carboxylic acids is 1. The molecule has 0 amide bonds. The van der Waals surface area contributed by atoms with Gasteiger partial charge in [-0.25, -0.2) is 4.79 Å². The van der Waals surface area contributed by atoms with Crippen LogP contribution in [0.1, 0.15) is 53.6 Å². The molecule has 1 aromatic carbocycles. The number of carboxylic acids is 1. The van der Waals surface area contributed by atoms with Gasteiger partial charge in [-0.2, -0.15) is 0 Å². The minimum Gasteiger partial charge on any atom is -0.477 e. The predicted octanol–water partition coefficient (Wildman–Crippen LogP) is 3.52. The first-order chi connectivity index (χ1) is 13.2. The van der Waals surface area contributed by atoms with Crippen molar-refractivity contribution in [3.8, 4) is 0 Å². The van der Waals surface area contributed by atoms with Crippen LogP contribution in [0.25, 0.3) is 0 Å². The standard InChI is InChI=1S/C22H22N2O4/c1-13-4-5-17(14(2)6-13)20(25)9-15-7-18(23-11-15)21(26)10-16-8-19(22(27)28)24(3)12-16/h4-8,11-12,23H,9-10H2,1-3H3,(H,27,28). The Bertz CT molecular complexity index is 1070. The molecule has 0 radical (unpaired) electrons. The number of Topliss-reactive ketones (excluding diaryl/α,β-unsaturated/α-hetero) is 2. The SMILES string of the molecule is Cc1ccc(C(=O)Cc2c[nH]c(C(=O)Cc3cc(C(=O)O)n(C)c3)c2)c(C)c1. The molecule has 3 aromatic rings. The van der Waals surface area contributed by atoms with E-state index in [1.54, 1.807) is 25.5 Å². The number of aryl methyl sites for hydroxylation is 3. The third kappa shape index (κ3) is 4.11. The van der Waals surface area contributed by atoms with E-state index in [0.717, 1.165) is 16.7 Å². The Balaban J connectivity index is 1.69. The maximum absolute atomic E-state index is 12.6. The van der Waals surface area contributed by atoms with Crippen molar-refractivity contribution in [3.05, 3.63) is 81.9 Å². The van der Waals surface area contributed by atoms with Crippen LogP contribution in [0.15, 0.2) is 42.7 Å². The van der Waals surface area contributed by atoms with Gasteiger partial charge in [-0.3, -0.25) is 9.59 Å². The van der Waals surface area contributed by atoms with Crippen LogP contribution in [0.5, 0.6) is 0 Å². The van der Waals surface area contributed by atoms with Crippen LogP contribution < -0.4 is 0 Å². The van der Waals surface area contributed by atoms with Gasteiger partial charge in [-0.05, 0) is 42.7 Å². The van der Waals surface area contributed by atoms with E-state index >= 15 is 0 Å². The monoisotopic (exact) mass is 378 g/mol. The Morgan fingerprint density at radius 1 is 1.00 bits per heavy atom. The van der Waals surface area contributed by atoms with Gasteiger partial charge in [0.2, 0.25) is 0 Å². The number of aromatic nitrogens is 2. The van der Waals surface area contributed by atoms with Gasteiger partial charge in [-0.15, -0.1) is 0 Å². The van der Waals surface area contributed by atoms with Gasteiger partial charge < -0.3 is 14.7 Å². The quantitative estimate of drug-likeness (QED) is 0.615. The Labute approximate surface area is 162 Å². The number of nitrogens with one attached hydrogen (secondary N) is 1. The molecule has 144 valence electrons. The Morgan fingerprint density at radius 3 is 2.36 bits per heavy atom. The molecule has 28 heavy (non-hydrogen) atoms. The number of hydrogen-bond acceptors (Lipinski definition) is 3. The molecule has 0 saturated heterocycles. The fourth-order valence-corrected chi connectivity index (χ4v) is 3.33. The number of hydrogen-bond donors (Lipinski definition) is 2. The number of nitrogens with zero attached hydrogens (tertiary/aromatic N) is 1. The van der Waals surface area contributed by atoms with Gasteiger partial charge in [0.05, 0.1) is 5.69 Å². The maximum atomic E-state index is 12.6. The third-order valence-corrected chi connectivity index (χ3v) is 4.74. The van der Waals surface area contributed by atoms with E-state index in [2.05, 4.69) is 4.98 Å². The summed E-state index contributed by atoms with van der Waals surface area (Å²) in [5.74, 6) is -1.19. The van der Waals surface area contributed by atoms with Crippen molar-refractivity contribution in [2.24, 2.45) is 7.05 Å². The summed E-state index contributed by atoms with van der Waals surface area (Å²) in [6, 6.07) is 8.90. The molecule has 0 unspecified atom stereocenters. The Kier molecular flexibility index (Phi) is 5.31. The van der Waals surface area contributed by atoms with Crippen LogP contribution in [0.4, 0.5) is 0 Å². The van der Waals surface area contributed by atoms with Crippen molar-refractivity contribution in [1.82, 2.24) is 9.55 Å². The summed E-state index contributed by atoms with van der Waals surface area (Å²) >= 11 is 0. The molecule has 3 rings (SSSR count). The average molecular weight is 378 g/mol. The zero-order chi connectivity index (χ0) is 20.4. The van der Waals surface area contributed by atoms with Crippen molar-refractivity contribution in [2.75, 3.05) is 0 Å². The molecule has 0 aliphatic rings. The number of carboxylic acid groups (broad SMARTS) is 1. The molecule has 2 heterocycles. The molecular formula is C22H22N2O4. The molecule has 0 bridgehead atoms. The van der Waals surface area contributed by atoms with Crippen LogP contribution in [-0.4, -0.2) is 32.2 Å². The second-order valence-electron chi connectivity index (χ2n) is 7.09. The normalized spacial score (nSPS) is 10.8. The number of H-pyrrole nitrogens is 1. The van der Waals surface area contributed by atoms with Gasteiger partial charge in [0.15, 0.2) is 11.6 Å². The van der Waals surface area contributed by atoms with Crippen molar-refractivity contribution in [1.29, 1.82) is 0 Å². The molecule has 0 aliphatic heterocycles. The summed E-state index contributed by atoms with van der Waals surface area (Å²) in [6.07, 6.45) is 3.60. The molecule has 2 N–H and O–H groups in total. The highest BCUT2D eigenvalue weighted by atomic mass is 16.4. The molecule has 0 aliphatic carbocycles. The second kappa shape index (κ2) is 7.68. The molecular weight excluding hydrogens is 356 g/mol. The first-order valence-corrected chi connectivity index (χ1v) is 8.94. The average Bonchev–Trinajstić information content (AvgIpc) is 3.21. The number of aromatic amines is 1. The molecule has 6 heteroatoms. The van der Waals surface area contributed by atoms with Gasteiger partial charge in [0.1, 0.15) is 5.69 Å². The highest BCUT2D eigenvalue weighted by Crippen LogP contribution is 2.16. The number of carbonyl (C=O) groups excluding carboxylic acids is 2. The lowest BCUT2D eigenvalue weighted by Gasteiger charge is -2.05. The molecule has 0 fully saturated rings. The summed E-state index contributed by atoms with van der Waals surface area (Å²) in [5, 5.41) is 9.10. The summed E-state index contributed by atoms with van der Waals surface area (Å²) in [4.78, 5) is 39.1. The largest absolute Gasteiger partial charge is 0.477 e. The first-order valence-electron chi connectivity index (χ1n) is 8.94. The Morgan fingerprint density at radius 2 is 1.71 bits per heavy atom. The van der Waals surface area contributed by atoms with Crippen molar-refractivity contribution >= 4 is 17.5 Å². The summed E-state index contributed by atoms with van der Waals surface area (Å²) < 4.78 is 1.48. The van der Waals surface area contributed by atoms with E-state index in [0.29, 0.717) is 16.8 Å². The lowest BCUT2D eigenvalue weighted by atomic mass is 9.98. The smallest absolute Gasteiger partial charge is 0.352 e. The van der Waals surface area contributed by atoms with E-state index in [9.17, 15) is 14.4 Å². The minimum absolute atomic E-state index is 0.00431. The highest BCUT2D eigenvalue weighted by Gasteiger charge is 2.16. The van der Waals surface area contributed by atoms with Crippen molar-refractivity contribution in [2.45, 2.75) is 26.7 Å². The van der Waals surface area contributed by atoms with Crippen LogP contribution in [0, 0.1) is 13.8 Å². The molecule has 0 atom stereocenters. The fourth-order valence-electron chi connectivity index (χ4n) is 3.33. The highest BCUT2D eigenvalue weighted by molar-refractivity contribution is 6.00. The first kappa shape index (κ1) is 19.4. The van der Waals surface area contributed by atoms with Gasteiger partial charge in [-0.1, -0.05) is 23.8 Å². The second-order valence-corrected chi connectivity index (χ2v) is 7.09. The maximum Gasteiger partial charge on any atom is 0.352 e. The fraction of sp³-hybridized carbons (Fsp3) is 0.227. The topological polar surface area (TPSA) is 92.2 Å². The van der Waals surface area contributed by atoms with E-state index in [-0.39, 0.29) is 30.1 Å². The Hall–Kier alpha value is -3.41. The zero-order valence-electron chi connectivity index (χ0n) is 16.1. The summed E-state index contributed by atoms with van der Waals surface area (Å²) in [5.41, 5.74) is 4.65. The molecule has 6 nitrogen and oxygen atoms in total. The lowest BCUT2D eigenvalue weighted by molar-refractivity contribution is 0.0686. The van der Waals surface area contributed by atoms with Gasteiger partial charge in [0, 0.05) is 37.8 Å². The van der Waals surface area contributed by atoms with E-state index < -0.39 is 5.97 Å². The molecule has 0 saturated carbocycles. The number of rotatable bonds is 7. The third-order valence-electron chi connectivity index (χ3n) is 4.74. The van der Waals surface area contributed by atoms with Gasteiger partial charge >= 0.3 is 5.97 Å². The van der Waals surface area contributed by atoms with Crippen LogP contribution in [0.2, 0.25) is 0 Å². The van der Waals surface area contributed by atoms with Crippen molar-refractivity contribution < 1.29 is 19.5 Å². The summed E-state index contributed by atoms with van der Waals surface area (Å²) in [7, 11) is 1.63. The van der Waals surface area contributed by atoms with E-state index in [1.165, 1.54) is 10.6 Å². The zero-order valence-corrected chi connectivity index (χ0v) is 16.1. The predicted molar refractivity (Wildman–Crippen MR) is 105 cm³/mol. The van der Waals surface area contributed by atoms with Crippen molar-refractivity contribution in [3.63, 3.8) is 0 Å². The van der Waals surface area contributed by atoms with Crippen LogP contribution in [0.3, 0.4) is 0 Å². The van der Waals surface area contributed by atoms with Crippen LogP contribution >= 0.6 is 0 Å². The summed E-state index contributed by atoms with van der Waals surface area (Å²) in [6.45, 7) is 3.90. The number of benzene rings is 1.